The maximum Gasteiger partial charge on any atom is 0.0497 e. The number of hydrogen-bond donors (Lipinski definition) is 1. The molecule has 68 valence electrons. The lowest BCUT2D eigenvalue weighted by Gasteiger charge is -2.05. The quantitative estimate of drug-likeness (QED) is 0.732. The van der Waals surface area contributed by atoms with Gasteiger partial charge in [-0.05, 0) is 11.6 Å². The second kappa shape index (κ2) is 6.80. The first-order chi connectivity index (χ1) is 5.84. The zero-order valence-electron chi connectivity index (χ0n) is 7.99. The van der Waals surface area contributed by atoms with E-state index < -0.39 is 0 Å². The first-order valence-electron chi connectivity index (χ1n) is 4.35. The molecule has 0 saturated carbocycles. The fourth-order valence-corrected chi connectivity index (χ4v) is 0.773. The van der Waals surface area contributed by atoms with Crippen LogP contribution in [-0.4, -0.2) is 16.7 Å². The molecule has 1 atom stereocenters. The Bertz CT molecular complexity index is 186. The molecular formula is C10H17NO. The third kappa shape index (κ3) is 3.49. The highest BCUT2D eigenvalue weighted by Gasteiger charge is 2.00. The summed E-state index contributed by atoms with van der Waals surface area (Å²) in [5.41, 5.74) is 1.09. The summed E-state index contributed by atoms with van der Waals surface area (Å²) < 4.78 is 0. The van der Waals surface area contributed by atoms with E-state index in [1.807, 2.05) is 32.9 Å². The van der Waals surface area contributed by atoms with Gasteiger partial charge in [0.15, 0.2) is 0 Å². The lowest BCUT2D eigenvalue weighted by atomic mass is 10.1. The largest absolute Gasteiger partial charge is 0.396 e. The van der Waals surface area contributed by atoms with Gasteiger partial charge in [-0.3, -0.25) is 4.98 Å². The van der Waals surface area contributed by atoms with Gasteiger partial charge in [0.05, 0.1) is 0 Å². The van der Waals surface area contributed by atoms with E-state index in [2.05, 4.69) is 4.98 Å². The number of pyridine rings is 1. The first-order valence-corrected chi connectivity index (χ1v) is 4.35. The molecule has 0 radical (unpaired) electrons. The molecule has 1 aromatic heterocycles. The zero-order chi connectivity index (χ0) is 9.40. The molecule has 1 unspecified atom stereocenters. The molecule has 1 N–H and O–H groups in total. The Hall–Kier alpha value is -0.890. The third-order valence-electron chi connectivity index (χ3n) is 1.53. The second-order valence-electron chi connectivity index (χ2n) is 2.37. The number of hydrogen-bond acceptors (Lipinski definition) is 2. The Balaban J connectivity index is 0.000000561. The Morgan fingerprint density at radius 1 is 1.50 bits per heavy atom. The molecule has 0 aromatic carbocycles. The van der Waals surface area contributed by atoms with Crippen LogP contribution < -0.4 is 0 Å². The van der Waals surface area contributed by atoms with E-state index in [4.69, 9.17) is 5.11 Å². The molecule has 0 aliphatic carbocycles. The average Bonchev–Trinajstić information content (AvgIpc) is 2.21. The summed E-state index contributed by atoms with van der Waals surface area (Å²) in [6.07, 6.45) is 3.51. The van der Waals surface area contributed by atoms with Crippen LogP contribution in [0.5, 0.6) is 0 Å². The number of aliphatic hydroxyl groups excluding tert-OH is 1. The van der Waals surface area contributed by atoms with Gasteiger partial charge in [-0.1, -0.05) is 26.8 Å². The molecule has 0 saturated heterocycles. The van der Waals surface area contributed by atoms with Crippen LogP contribution in [-0.2, 0) is 0 Å². The van der Waals surface area contributed by atoms with Crippen molar-refractivity contribution in [1.82, 2.24) is 4.98 Å². The number of nitrogens with zero attached hydrogens (tertiary/aromatic N) is 1. The monoisotopic (exact) mass is 167 g/mol. The predicted molar refractivity (Wildman–Crippen MR) is 51.1 cm³/mol. The standard InChI is InChI=1S/C8H11NO.C2H6/c1-7(6-10)8-3-2-4-9-5-8;1-2/h2-5,7,10H,6H2,1H3;1-2H3. The van der Waals surface area contributed by atoms with Gasteiger partial charge in [0.1, 0.15) is 0 Å². The van der Waals surface area contributed by atoms with Crippen molar-refractivity contribution < 1.29 is 5.11 Å². The molecule has 1 heterocycles. The smallest absolute Gasteiger partial charge is 0.0497 e. The molecule has 2 nitrogen and oxygen atoms in total. The van der Waals surface area contributed by atoms with Crippen LogP contribution >= 0.6 is 0 Å². The van der Waals surface area contributed by atoms with Crippen molar-refractivity contribution in [2.45, 2.75) is 26.7 Å². The molecule has 0 bridgehead atoms. The molecule has 0 fully saturated rings. The van der Waals surface area contributed by atoms with Crippen LogP contribution in [0.25, 0.3) is 0 Å². The number of aliphatic hydroxyl groups is 1. The average molecular weight is 167 g/mol. The summed E-state index contributed by atoms with van der Waals surface area (Å²) in [5, 5.41) is 8.76. The van der Waals surface area contributed by atoms with Gasteiger partial charge in [-0.2, -0.15) is 0 Å². The minimum atomic E-state index is 0.186. The van der Waals surface area contributed by atoms with Crippen LogP contribution in [0.4, 0.5) is 0 Å². The van der Waals surface area contributed by atoms with Gasteiger partial charge >= 0.3 is 0 Å². The number of aromatic nitrogens is 1. The van der Waals surface area contributed by atoms with Crippen LogP contribution in [0.2, 0.25) is 0 Å². The molecule has 0 amide bonds. The van der Waals surface area contributed by atoms with Gasteiger partial charge in [-0.15, -0.1) is 0 Å². The van der Waals surface area contributed by atoms with Gasteiger partial charge < -0.3 is 5.11 Å². The summed E-state index contributed by atoms with van der Waals surface area (Å²) in [7, 11) is 0. The highest BCUT2D eigenvalue weighted by Crippen LogP contribution is 2.10. The van der Waals surface area contributed by atoms with Gasteiger partial charge in [-0.25, -0.2) is 0 Å². The molecule has 1 aromatic rings. The van der Waals surface area contributed by atoms with Crippen molar-refractivity contribution in [1.29, 1.82) is 0 Å². The Morgan fingerprint density at radius 2 is 2.17 bits per heavy atom. The van der Waals surface area contributed by atoms with E-state index in [0.717, 1.165) is 5.56 Å². The van der Waals surface area contributed by atoms with E-state index in [1.165, 1.54) is 0 Å². The van der Waals surface area contributed by atoms with Gasteiger partial charge in [0.25, 0.3) is 0 Å². The molecule has 0 aliphatic heterocycles. The highest BCUT2D eigenvalue weighted by atomic mass is 16.3. The lowest BCUT2D eigenvalue weighted by molar-refractivity contribution is 0.273. The lowest BCUT2D eigenvalue weighted by Crippen LogP contribution is -1.98. The minimum Gasteiger partial charge on any atom is -0.396 e. The zero-order valence-corrected chi connectivity index (χ0v) is 7.99. The maximum atomic E-state index is 8.76. The van der Waals surface area contributed by atoms with Crippen LogP contribution in [0.1, 0.15) is 32.3 Å². The fourth-order valence-electron chi connectivity index (χ4n) is 0.773. The van der Waals surface area contributed by atoms with Crippen LogP contribution in [0, 0.1) is 0 Å². The van der Waals surface area contributed by atoms with E-state index in [9.17, 15) is 0 Å². The summed E-state index contributed by atoms with van der Waals surface area (Å²) in [6, 6.07) is 3.84. The van der Waals surface area contributed by atoms with Crippen LogP contribution in [0.15, 0.2) is 24.5 Å². The van der Waals surface area contributed by atoms with Crippen molar-refractivity contribution in [3.8, 4) is 0 Å². The van der Waals surface area contributed by atoms with E-state index >= 15 is 0 Å². The molecule has 2 heteroatoms. The molecule has 12 heavy (non-hydrogen) atoms. The molecule has 1 rings (SSSR count). The SMILES string of the molecule is CC.CC(CO)c1cccnc1. The maximum absolute atomic E-state index is 8.76. The molecule has 0 spiro atoms. The van der Waals surface area contributed by atoms with Crippen molar-refractivity contribution >= 4 is 0 Å². The molecular weight excluding hydrogens is 150 g/mol. The van der Waals surface area contributed by atoms with Crippen molar-refractivity contribution in [2.75, 3.05) is 6.61 Å². The van der Waals surface area contributed by atoms with Crippen molar-refractivity contribution in [2.24, 2.45) is 0 Å². The normalized spacial score (nSPS) is 11.3. The number of rotatable bonds is 2. The summed E-state index contributed by atoms with van der Waals surface area (Å²) in [6.45, 7) is 6.16. The Labute approximate surface area is 74.3 Å². The van der Waals surface area contributed by atoms with Crippen molar-refractivity contribution in [3.63, 3.8) is 0 Å². The fraction of sp³-hybridized carbons (Fsp3) is 0.500. The first kappa shape index (κ1) is 11.1. The Morgan fingerprint density at radius 3 is 2.58 bits per heavy atom. The van der Waals surface area contributed by atoms with E-state index in [1.54, 1.807) is 12.4 Å². The van der Waals surface area contributed by atoms with Gasteiger partial charge in [0.2, 0.25) is 0 Å². The Kier molecular flexibility index (Phi) is 6.29. The van der Waals surface area contributed by atoms with Crippen LogP contribution in [0.3, 0.4) is 0 Å². The third-order valence-corrected chi connectivity index (χ3v) is 1.53. The summed E-state index contributed by atoms with van der Waals surface area (Å²) in [4.78, 5) is 3.94. The second-order valence-corrected chi connectivity index (χ2v) is 2.37. The summed E-state index contributed by atoms with van der Waals surface area (Å²) >= 11 is 0. The van der Waals surface area contributed by atoms with E-state index in [0.29, 0.717) is 0 Å². The topological polar surface area (TPSA) is 33.1 Å². The summed E-state index contributed by atoms with van der Waals surface area (Å²) in [5.74, 6) is 0.202. The highest BCUT2D eigenvalue weighted by molar-refractivity contribution is 5.13. The van der Waals surface area contributed by atoms with E-state index in [-0.39, 0.29) is 12.5 Å². The minimum absolute atomic E-state index is 0.186. The molecule has 0 aliphatic rings. The van der Waals surface area contributed by atoms with Crippen molar-refractivity contribution in [3.05, 3.63) is 30.1 Å². The van der Waals surface area contributed by atoms with Gasteiger partial charge in [0, 0.05) is 24.9 Å². The predicted octanol–water partition coefficient (Wildman–Crippen LogP) is 2.20.